The van der Waals surface area contributed by atoms with E-state index in [2.05, 4.69) is 20.8 Å². The summed E-state index contributed by atoms with van der Waals surface area (Å²) in [7, 11) is -6.60. The van der Waals surface area contributed by atoms with E-state index in [-0.39, 0.29) is 39.6 Å². The Kier molecular flexibility index (Phi) is 13.2. The van der Waals surface area contributed by atoms with E-state index in [1.165, 1.54) is 24.5 Å². The second-order valence-corrected chi connectivity index (χ2v) is 20.4. The van der Waals surface area contributed by atoms with Crippen molar-refractivity contribution in [2.75, 3.05) is 33.3 Å². The predicted octanol–water partition coefficient (Wildman–Crippen LogP) is 5.73. The van der Waals surface area contributed by atoms with E-state index in [1.54, 1.807) is 47.4 Å². The summed E-state index contributed by atoms with van der Waals surface area (Å²) in [5.41, 5.74) is 0.694. The lowest BCUT2D eigenvalue weighted by Crippen LogP contribution is -2.44. The van der Waals surface area contributed by atoms with Crippen LogP contribution in [0.3, 0.4) is 0 Å². The fourth-order valence-electron chi connectivity index (χ4n) is 7.38. The van der Waals surface area contributed by atoms with Crippen LogP contribution in [0.25, 0.3) is 11.1 Å². The third-order valence-corrected chi connectivity index (χ3v) is 17.1. The van der Waals surface area contributed by atoms with Crippen LogP contribution in [0.5, 0.6) is 0 Å². The van der Waals surface area contributed by atoms with Crippen molar-refractivity contribution in [3.8, 4) is 0 Å². The number of sulfonamides is 2. The number of methoxy groups -OCH3 is 1. The van der Waals surface area contributed by atoms with Gasteiger partial charge in [0.2, 0.25) is 0 Å². The van der Waals surface area contributed by atoms with Crippen LogP contribution in [-0.4, -0.2) is 94.3 Å². The lowest BCUT2D eigenvalue weighted by Gasteiger charge is -2.24. The van der Waals surface area contributed by atoms with Gasteiger partial charge < -0.3 is 25.2 Å². The highest BCUT2D eigenvalue weighted by atomic mass is 35.5. The lowest BCUT2D eigenvalue weighted by atomic mass is 10.1. The Morgan fingerprint density at radius 2 is 1.20 bits per heavy atom. The van der Waals surface area contributed by atoms with E-state index >= 15 is 0 Å². The molecule has 0 bridgehead atoms. The summed E-state index contributed by atoms with van der Waals surface area (Å²) in [4.78, 5) is 38.7. The second-order valence-electron chi connectivity index (χ2n) is 14.4. The fourth-order valence-corrected chi connectivity index (χ4v) is 12.9. The topological polar surface area (TPSA) is 209 Å². The van der Waals surface area contributed by atoms with E-state index in [1.807, 2.05) is 42.5 Å². The minimum atomic E-state index is -4.01. The molecule has 2 aliphatic heterocycles. The molecule has 4 heterocycles. The standard InChI is InChI=1S/C21H22N2O6S2.C19H20N2O4S2.ClH/c1-29-20(26)23-11-9-15(10-12-23)17-7-8-18(30-17)31(27,28)22-21(19(24)25)13-16(21)14-5-3-2-4-6-14;22-18(23)19(12-15(19)13-4-2-1-3-5-13)21-27(24,25)17-7-6-16(26-17)14-8-10-20-11-9-14;/h2-9,16,22H,10-13H2,1H3,(H,24,25);1-8,15,20-21H,9-12H2,(H,22,23);1H/t16-,21+;15-,19+;/m11./s1. The Hall–Kier alpha value is -4.40. The highest BCUT2D eigenvalue weighted by Gasteiger charge is 2.64. The van der Waals surface area contributed by atoms with Gasteiger partial charge in [0.1, 0.15) is 19.5 Å². The number of carbonyl (C=O) groups excluding carboxylic acids is 1. The van der Waals surface area contributed by atoms with Crippen LogP contribution in [0.2, 0.25) is 0 Å². The van der Waals surface area contributed by atoms with Crippen molar-refractivity contribution in [2.24, 2.45) is 0 Å². The number of rotatable bonds is 12. The van der Waals surface area contributed by atoms with Gasteiger partial charge in [0.25, 0.3) is 20.0 Å². The maximum absolute atomic E-state index is 13.0. The average Bonchev–Trinajstić information content (AvgIpc) is 3.94. The molecular formula is C40H43ClN4O10S4. The number of hydrogen-bond acceptors (Lipinski definition) is 11. The largest absolute Gasteiger partial charge is 0.480 e. The molecule has 4 aliphatic rings. The van der Waals surface area contributed by atoms with Crippen molar-refractivity contribution in [3.63, 3.8) is 0 Å². The van der Waals surface area contributed by atoms with Crippen molar-refractivity contribution in [1.29, 1.82) is 0 Å². The molecule has 14 nitrogen and oxygen atoms in total. The molecule has 2 aliphatic carbocycles. The van der Waals surface area contributed by atoms with Crippen LogP contribution < -0.4 is 14.8 Å². The minimum absolute atomic E-state index is 0. The Balaban J connectivity index is 0.000000197. The molecule has 2 saturated carbocycles. The van der Waals surface area contributed by atoms with Crippen molar-refractivity contribution in [1.82, 2.24) is 19.7 Å². The van der Waals surface area contributed by atoms with Crippen molar-refractivity contribution in [2.45, 2.75) is 57.0 Å². The molecule has 0 radical (unpaired) electrons. The van der Waals surface area contributed by atoms with Crippen LogP contribution in [0.1, 0.15) is 58.4 Å². The van der Waals surface area contributed by atoms with Gasteiger partial charge in [-0.2, -0.15) is 9.44 Å². The molecular weight excluding hydrogens is 860 g/mol. The number of halogens is 1. The summed E-state index contributed by atoms with van der Waals surface area (Å²) >= 11 is 2.28. The van der Waals surface area contributed by atoms with Crippen molar-refractivity contribution < 1.29 is 46.2 Å². The van der Waals surface area contributed by atoms with Crippen LogP contribution in [0.15, 0.2) is 105 Å². The van der Waals surface area contributed by atoms with Crippen LogP contribution in [0.4, 0.5) is 4.79 Å². The fraction of sp³-hybridized carbons (Fsp3) is 0.325. The Labute approximate surface area is 356 Å². The maximum Gasteiger partial charge on any atom is 0.409 e. The summed E-state index contributed by atoms with van der Waals surface area (Å²) < 4.78 is 61.6. The molecule has 0 unspecified atom stereocenters. The molecule has 8 rings (SSSR count). The number of nitrogens with one attached hydrogen (secondary N) is 3. The number of benzene rings is 2. The number of aliphatic carboxylic acids is 2. The van der Waals surface area contributed by atoms with Gasteiger partial charge >= 0.3 is 18.0 Å². The van der Waals surface area contributed by atoms with Gasteiger partial charge in [-0.15, -0.1) is 35.1 Å². The first kappa shape index (κ1) is 44.2. The van der Waals surface area contributed by atoms with E-state index in [0.717, 1.165) is 62.9 Å². The van der Waals surface area contributed by atoms with E-state index in [4.69, 9.17) is 4.74 Å². The Morgan fingerprint density at radius 3 is 1.59 bits per heavy atom. The zero-order chi connectivity index (χ0) is 41.3. The number of nitrogens with zero attached hydrogens (tertiary/aromatic N) is 1. The first-order valence-corrected chi connectivity index (χ1v) is 23.1. The second kappa shape index (κ2) is 17.7. The predicted molar refractivity (Wildman–Crippen MR) is 227 cm³/mol. The molecule has 19 heteroatoms. The third-order valence-electron chi connectivity index (χ3n) is 10.8. The van der Waals surface area contributed by atoms with Crippen LogP contribution in [0, 0.1) is 0 Å². The molecule has 4 atom stereocenters. The Morgan fingerprint density at radius 1 is 0.729 bits per heavy atom. The van der Waals surface area contributed by atoms with Crippen LogP contribution >= 0.6 is 35.1 Å². The molecule has 4 aromatic rings. The SMILES string of the molecule is COC(=O)N1CC=C(c2ccc(S(=O)(=O)N[C@@]3(C(=O)O)C[C@@H]3c3ccccc3)s2)CC1.Cl.O=C(O)[C@]1(NS(=O)(=O)c2ccc(C3=CCNCC3)s2)C[C@@H]1c1ccccc1. The van der Waals surface area contributed by atoms with Gasteiger partial charge in [-0.3, -0.25) is 9.59 Å². The van der Waals surface area contributed by atoms with Gasteiger partial charge in [0, 0.05) is 41.2 Å². The molecule has 314 valence electrons. The molecule has 59 heavy (non-hydrogen) atoms. The summed E-state index contributed by atoms with van der Waals surface area (Å²) in [6.07, 6.45) is 5.43. The zero-order valence-electron chi connectivity index (χ0n) is 31.7. The van der Waals surface area contributed by atoms with Gasteiger partial charge in [-0.05, 0) is 78.8 Å². The summed E-state index contributed by atoms with van der Waals surface area (Å²) in [6, 6.07) is 24.8. The summed E-state index contributed by atoms with van der Waals surface area (Å²) in [6.45, 7) is 2.51. The van der Waals surface area contributed by atoms with Crippen molar-refractivity contribution >= 4 is 84.3 Å². The average molecular weight is 904 g/mol. The van der Waals surface area contributed by atoms with Gasteiger partial charge in [0.15, 0.2) is 0 Å². The van der Waals surface area contributed by atoms with E-state index in [9.17, 15) is 41.4 Å². The smallest absolute Gasteiger partial charge is 0.409 e. The van der Waals surface area contributed by atoms with E-state index in [0.29, 0.717) is 19.5 Å². The highest BCUT2D eigenvalue weighted by molar-refractivity contribution is 7.92. The number of carboxylic acids is 2. The highest BCUT2D eigenvalue weighted by Crippen LogP contribution is 2.53. The molecule has 0 spiro atoms. The first-order chi connectivity index (χ1) is 27.7. The number of carbonyl (C=O) groups is 3. The molecule has 1 amide bonds. The number of hydrogen-bond donors (Lipinski definition) is 5. The normalized spacial score (nSPS) is 23.6. The molecule has 2 aromatic heterocycles. The molecule has 2 aromatic carbocycles. The number of carboxylic acid groups (broad SMARTS) is 2. The molecule has 0 saturated heterocycles. The Bertz CT molecular complexity index is 2490. The monoisotopic (exact) mass is 902 g/mol. The van der Waals surface area contributed by atoms with Gasteiger partial charge in [-0.1, -0.05) is 72.8 Å². The third kappa shape index (κ3) is 9.34. The number of ether oxygens (including phenoxy) is 1. The molecule has 5 N–H and O–H groups in total. The molecule has 2 fully saturated rings. The van der Waals surface area contributed by atoms with E-state index < -0.39 is 55.1 Å². The lowest BCUT2D eigenvalue weighted by molar-refractivity contribution is -0.141. The minimum Gasteiger partial charge on any atom is -0.480 e. The van der Waals surface area contributed by atoms with Crippen LogP contribution in [-0.2, 0) is 34.4 Å². The zero-order valence-corrected chi connectivity index (χ0v) is 35.8. The first-order valence-electron chi connectivity index (χ1n) is 18.5. The quantitative estimate of drug-likeness (QED) is 0.116. The van der Waals surface area contributed by atoms with Gasteiger partial charge in [0.05, 0.1) is 7.11 Å². The number of amides is 1. The number of thiophene rings is 2. The summed E-state index contributed by atoms with van der Waals surface area (Å²) in [5, 5.41) is 22.7. The van der Waals surface area contributed by atoms with Crippen molar-refractivity contribution in [3.05, 3.63) is 118 Å². The summed E-state index contributed by atoms with van der Waals surface area (Å²) in [5.74, 6) is -3.10. The maximum atomic E-state index is 13.0. The van der Waals surface area contributed by atoms with Gasteiger partial charge in [-0.25, -0.2) is 21.6 Å².